The minimum absolute atomic E-state index is 0.873. The molecule has 1 aromatic carbocycles. The van der Waals surface area contributed by atoms with Gasteiger partial charge in [-0.25, -0.2) is 0 Å². The largest absolute Gasteiger partial charge is 0.132 e. The van der Waals surface area contributed by atoms with E-state index in [4.69, 9.17) is 0 Å². The van der Waals surface area contributed by atoms with Gasteiger partial charge in [0.1, 0.15) is 0 Å². The topological polar surface area (TPSA) is 0 Å². The SMILES string of the molecule is CCCC1=C(c2[pH]ccc2C)Cc2ccccc21. The molecule has 1 heteroatoms. The fraction of sp³-hybridized carbons (Fsp3) is 0.294. The second kappa shape index (κ2) is 4.78. The second-order valence-electron chi connectivity index (χ2n) is 5.08. The minimum Gasteiger partial charge on any atom is -0.132 e. The molecule has 92 valence electrons. The van der Waals surface area contributed by atoms with Crippen LogP contribution in [0.3, 0.4) is 0 Å². The lowest BCUT2D eigenvalue weighted by atomic mass is 10.00. The lowest BCUT2D eigenvalue weighted by Crippen LogP contribution is -1.85. The van der Waals surface area contributed by atoms with Crippen molar-refractivity contribution in [3.8, 4) is 0 Å². The van der Waals surface area contributed by atoms with Gasteiger partial charge in [-0.05, 0) is 58.7 Å². The summed E-state index contributed by atoms with van der Waals surface area (Å²) in [6.07, 6.45) is 3.59. The van der Waals surface area contributed by atoms with Crippen LogP contribution in [0, 0.1) is 6.92 Å². The van der Waals surface area contributed by atoms with Gasteiger partial charge < -0.3 is 0 Å². The normalized spacial score (nSPS) is 14.6. The molecule has 0 amide bonds. The van der Waals surface area contributed by atoms with Crippen molar-refractivity contribution in [2.24, 2.45) is 0 Å². The molecular formula is C17H19P. The fourth-order valence-corrected chi connectivity index (χ4v) is 4.20. The lowest BCUT2D eigenvalue weighted by molar-refractivity contribution is 0.976. The molecule has 0 saturated carbocycles. The Labute approximate surface area is 111 Å². The van der Waals surface area contributed by atoms with Gasteiger partial charge in [0.2, 0.25) is 0 Å². The molecule has 0 saturated heterocycles. The number of hydrogen-bond donors (Lipinski definition) is 0. The predicted molar refractivity (Wildman–Crippen MR) is 82.5 cm³/mol. The summed E-state index contributed by atoms with van der Waals surface area (Å²) in [5.41, 5.74) is 7.74. The second-order valence-corrected chi connectivity index (χ2v) is 6.20. The average molecular weight is 254 g/mol. The molecule has 1 aliphatic carbocycles. The molecule has 1 aromatic heterocycles. The molecule has 3 rings (SSSR count). The molecule has 0 spiro atoms. The van der Waals surface area contributed by atoms with Crippen molar-refractivity contribution in [2.45, 2.75) is 33.1 Å². The predicted octanol–water partition coefficient (Wildman–Crippen LogP) is 5.29. The van der Waals surface area contributed by atoms with E-state index in [0.717, 1.165) is 14.6 Å². The summed E-state index contributed by atoms with van der Waals surface area (Å²) in [6.45, 7) is 4.54. The van der Waals surface area contributed by atoms with Crippen LogP contribution in [0.15, 0.2) is 36.1 Å². The van der Waals surface area contributed by atoms with Crippen molar-refractivity contribution in [1.82, 2.24) is 0 Å². The molecule has 18 heavy (non-hydrogen) atoms. The smallest absolute Gasteiger partial charge is 0.000754 e. The summed E-state index contributed by atoms with van der Waals surface area (Å²) >= 11 is 0. The Kier molecular flexibility index (Phi) is 3.14. The molecule has 0 fully saturated rings. The Morgan fingerprint density at radius 3 is 2.72 bits per heavy atom. The van der Waals surface area contributed by atoms with Gasteiger partial charge in [-0.2, -0.15) is 0 Å². The van der Waals surface area contributed by atoms with Crippen LogP contribution in [0.2, 0.25) is 0 Å². The molecule has 1 heterocycles. The number of allylic oxidation sites excluding steroid dienone is 2. The highest BCUT2D eigenvalue weighted by Gasteiger charge is 2.22. The quantitative estimate of drug-likeness (QED) is 0.697. The van der Waals surface area contributed by atoms with Gasteiger partial charge in [-0.3, -0.25) is 0 Å². The first-order chi connectivity index (χ1) is 8.81. The van der Waals surface area contributed by atoms with E-state index in [-0.39, 0.29) is 0 Å². The zero-order valence-corrected chi connectivity index (χ0v) is 12.1. The van der Waals surface area contributed by atoms with Crippen LogP contribution >= 0.6 is 8.19 Å². The summed E-state index contributed by atoms with van der Waals surface area (Å²) in [5.74, 6) is 2.32. The van der Waals surface area contributed by atoms with Crippen molar-refractivity contribution in [1.29, 1.82) is 0 Å². The van der Waals surface area contributed by atoms with E-state index in [9.17, 15) is 0 Å². The summed E-state index contributed by atoms with van der Waals surface area (Å²) in [4.78, 5) is 0. The molecule has 1 aliphatic rings. The maximum Gasteiger partial charge on any atom is -0.000754 e. The van der Waals surface area contributed by atoms with Crippen molar-refractivity contribution in [2.75, 3.05) is 0 Å². The highest BCUT2D eigenvalue weighted by Crippen LogP contribution is 2.44. The minimum atomic E-state index is 0.873. The van der Waals surface area contributed by atoms with Crippen LogP contribution in [0.4, 0.5) is 0 Å². The molecule has 1 unspecified atom stereocenters. The van der Waals surface area contributed by atoms with Crippen molar-refractivity contribution < 1.29 is 0 Å². The molecule has 0 nitrogen and oxygen atoms in total. The summed E-state index contributed by atoms with van der Waals surface area (Å²) in [7, 11) is 0.873. The first-order valence-corrected chi connectivity index (χ1v) is 7.83. The first-order valence-electron chi connectivity index (χ1n) is 6.76. The van der Waals surface area contributed by atoms with Gasteiger partial charge >= 0.3 is 0 Å². The summed E-state index contributed by atoms with van der Waals surface area (Å²) in [5, 5.41) is 1.61. The Morgan fingerprint density at radius 1 is 1.17 bits per heavy atom. The van der Waals surface area contributed by atoms with Crippen LogP contribution in [-0.2, 0) is 6.42 Å². The third-order valence-corrected chi connectivity index (χ3v) is 5.15. The van der Waals surface area contributed by atoms with Crippen molar-refractivity contribution in [3.63, 3.8) is 0 Å². The highest BCUT2D eigenvalue weighted by atomic mass is 31.0. The Bertz CT molecular complexity index is 602. The number of aryl methyl sites for hydroxylation is 1. The fourth-order valence-electron chi connectivity index (χ4n) is 2.98. The number of rotatable bonds is 3. The Balaban J connectivity index is 2.13. The van der Waals surface area contributed by atoms with E-state index < -0.39 is 0 Å². The third-order valence-electron chi connectivity index (χ3n) is 3.83. The van der Waals surface area contributed by atoms with E-state index in [1.165, 1.54) is 29.5 Å². The van der Waals surface area contributed by atoms with Crippen LogP contribution in [0.25, 0.3) is 11.1 Å². The maximum atomic E-state index is 2.32. The van der Waals surface area contributed by atoms with Crippen LogP contribution in [-0.4, -0.2) is 0 Å². The van der Waals surface area contributed by atoms with Crippen molar-refractivity contribution >= 4 is 19.3 Å². The van der Waals surface area contributed by atoms with E-state index >= 15 is 0 Å². The monoisotopic (exact) mass is 254 g/mol. The van der Waals surface area contributed by atoms with Crippen LogP contribution in [0.5, 0.6) is 0 Å². The van der Waals surface area contributed by atoms with E-state index in [0.29, 0.717) is 0 Å². The first kappa shape index (κ1) is 11.8. The molecule has 0 N–H and O–H groups in total. The zero-order valence-electron chi connectivity index (χ0n) is 11.1. The molecule has 0 aliphatic heterocycles. The van der Waals surface area contributed by atoms with Crippen LogP contribution in [0.1, 0.15) is 41.8 Å². The van der Waals surface area contributed by atoms with E-state index in [1.807, 2.05) is 0 Å². The summed E-state index contributed by atoms with van der Waals surface area (Å²) < 4.78 is 0. The van der Waals surface area contributed by atoms with Gasteiger partial charge in [-0.15, -0.1) is 8.19 Å². The van der Waals surface area contributed by atoms with Gasteiger partial charge in [0.05, 0.1) is 0 Å². The molecule has 0 radical (unpaired) electrons. The molecular weight excluding hydrogens is 235 g/mol. The average Bonchev–Trinajstić information content (AvgIpc) is 2.94. The van der Waals surface area contributed by atoms with Gasteiger partial charge in [0.15, 0.2) is 0 Å². The van der Waals surface area contributed by atoms with E-state index in [1.54, 1.807) is 16.4 Å². The molecule has 1 atom stereocenters. The molecule has 0 bridgehead atoms. The lowest BCUT2D eigenvalue weighted by Gasteiger charge is -2.07. The van der Waals surface area contributed by atoms with Gasteiger partial charge in [0.25, 0.3) is 0 Å². The number of benzene rings is 1. The maximum absolute atomic E-state index is 2.32. The standard InChI is InChI=1S/C17H19P/c1-3-6-15-14-8-5-4-7-13(14)11-16(15)17-12(2)9-10-18-17/h4-5,7-10,18H,3,6,11H2,1-2H3. The van der Waals surface area contributed by atoms with Gasteiger partial charge in [-0.1, -0.05) is 43.7 Å². The van der Waals surface area contributed by atoms with Crippen LogP contribution < -0.4 is 0 Å². The van der Waals surface area contributed by atoms with E-state index in [2.05, 4.69) is 50.0 Å². The van der Waals surface area contributed by atoms with Crippen molar-refractivity contribution in [3.05, 3.63) is 58.1 Å². The highest BCUT2D eigenvalue weighted by molar-refractivity contribution is 7.31. The summed E-state index contributed by atoms with van der Waals surface area (Å²) in [6, 6.07) is 11.2. The number of fused-ring (bicyclic) bond motifs is 1. The number of hydrogen-bond acceptors (Lipinski definition) is 0. The Morgan fingerprint density at radius 2 is 2.00 bits per heavy atom. The Hall–Kier alpha value is -1.26. The zero-order chi connectivity index (χ0) is 12.5. The van der Waals surface area contributed by atoms with Gasteiger partial charge in [0, 0.05) is 0 Å². The third kappa shape index (κ3) is 1.85. The molecule has 2 aromatic rings.